The highest BCUT2D eigenvalue weighted by molar-refractivity contribution is 6.43. The fourth-order valence-electron chi connectivity index (χ4n) is 2.12. The van der Waals surface area contributed by atoms with Crippen molar-refractivity contribution in [3.8, 4) is 11.3 Å². The van der Waals surface area contributed by atoms with Gasteiger partial charge in [0.1, 0.15) is 5.82 Å². The van der Waals surface area contributed by atoms with Gasteiger partial charge in [0.2, 0.25) is 5.95 Å². The van der Waals surface area contributed by atoms with Crippen LogP contribution in [0.4, 0.5) is 17.5 Å². The van der Waals surface area contributed by atoms with E-state index in [1.54, 1.807) is 13.1 Å². The van der Waals surface area contributed by atoms with Crippen LogP contribution in [0.25, 0.3) is 11.3 Å². The highest BCUT2D eigenvalue weighted by atomic mass is 35.5. The van der Waals surface area contributed by atoms with Crippen molar-refractivity contribution in [1.82, 2.24) is 9.97 Å². The number of nitrogens with zero attached hydrogens (tertiary/aromatic N) is 2. The maximum Gasteiger partial charge on any atom is 0.224 e. The molecule has 2 N–H and O–H groups in total. The maximum atomic E-state index is 6.22. The molecule has 3 rings (SSSR count). The highest BCUT2D eigenvalue weighted by Gasteiger charge is 2.09. The first kappa shape index (κ1) is 15.6. The molecule has 6 heteroatoms. The van der Waals surface area contributed by atoms with E-state index in [0.717, 1.165) is 11.3 Å². The van der Waals surface area contributed by atoms with E-state index in [2.05, 4.69) is 20.6 Å². The summed E-state index contributed by atoms with van der Waals surface area (Å²) in [6.07, 6.45) is 0. The van der Waals surface area contributed by atoms with Gasteiger partial charge in [0.25, 0.3) is 0 Å². The highest BCUT2D eigenvalue weighted by Crippen LogP contribution is 2.32. The van der Waals surface area contributed by atoms with Gasteiger partial charge in [-0.3, -0.25) is 0 Å². The maximum absolute atomic E-state index is 6.22. The van der Waals surface area contributed by atoms with Gasteiger partial charge in [-0.25, -0.2) is 4.98 Å². The Morgan fingerprint density at radius 1 is 0.913 bits per heavy atom. The lowest BCUT2D eigenvalue weighted by atomic mass is 10.1. The molecule has 0 radical (unpaired) electrons. The normalized spacial score (nSPS) is 10.4. The van der Waals surface area contributed by atoms with Crippen LogP contribution in [-0.2, 0) is 0 Å². The number of nitrogens with one attached hydrogen (secondary N) is 2. The van der Waals surface area contributed by atoms with Crippen molar-refractivity contribution in [2.75, 3.05) is 17.7 Å². The smallest absolute Gasteiger partial charge is 0.224 e. The van der Waals surface area contributed by atoms with Crippen LogP contribution >= 0.6 is 23.2 Å². The molecule has 0 unspecified atom stereocenters. The molecule has 0 aliphatic carbocycles. The fraction of sp³-hybridized carbons (Fsp3) is 0.0588. The summed E-state index contributed by atoms with van der Waals surface area (Å²) in [7, 11) is 1.78. The van der Waals surface area contributed by atoms with E-state index in [-0.39, 0.29) is 0 Å². The standard InChI is InChI=1S/C17H14Cl2N4/c1-20-17-22-14(11-6-3-2-4-7-11)10-15(23-17)21-13-9-5-8-12(18)16(13)19/h2-10H,1H3,(H2,20,21,22,23). The largest absolute Gasteiger partial charge is 0.357 e. The number of hydrogen-bond acceptors (Lipinski definition) is 4. The lowest BCUT2D eigenvalue weighted by Gasteiger charge is -2.11. The van der Waals surface area contributed by atoms with Crippen molar-refractivity contribution in [3.05, 3.63) is 64.6 Å². The second kappa shape index (κ2) is 6.86. The van der Waals surface area contributed by atoms with Crippen LogP contribution in [0, 0.1) is 0 Å². The lowest BCUT2D eigenvalue weighted by Crippen LogP contribution is -2.02. The van der Waals surface area contributed by atoms with Crippen LogP contribution in [-0.4, -0.2) is 17.0 Å². The number of benzene rings is 2. The van der Waals surface area contributed by atoms with Crippen LogP contribution in [0.1, 0.15) is 0 Å². The van der Waals surface area contributed by atoms with Crippen LogP contribution in [0.5, 0.6) is 0 Å². The van der Waals surface area contributed by atoms with Gasteiger partial charge in [0.05, 0.1) is 21.4 Å². The van der Waals surface area contributed by atoms with Crippen molar-refractivity contribution in [2.24, 2.45) is 0 Å². The molecule has 0 fully saturated rings. The van der Waals surface area contributed by atoms with E-state index < -0.39 is 0 Å². The second-order valence-electron chi connectivity index (χ2n) is 4.80. The molecule has 0 bridgehead atoms. The molecule has 0 spiro atoms. The molecule has 1 aromatic heterocycles. The molecule has 116 valence electrons. The van der Waals surface area contributed by atoms with Crippen molar-refractivity contribution in [1.29, 1.82) is 0 Å². The zero-order valence-corrected chi connectivity index (χ0v) is 13.9. The first-order chi connectivity index (χ1) is 11.2. The molecule has 0 amide bonds. The molecule has 0 aliphatic heterocycles. The molecule has 2 aromatic carbocycles. The van der Waals surface area contributed by atoms with Crippen LogP contribution in [0.3, 0.4) is 0 Å². The van der Waals surface area contributed by atoms with E-state index in [1.807, 2.05) is 48.5 Å². The molecule has 4 nitrogen and oxygen atoms in total. The minimum atomic E-state index is 0.458. The van der Waals surface area contributed by atoms with E-state index in [1.165, 1.54) is 0 Å². The van der Waals surface area contributed by atoms with Crippen LogP contribution < -0.4 is 10.6 Å². The Morgan fingerprint density at radius 3 is 2.43 bits per heavy atom. The summed E-state index contributed by atoms with van der Waals surface area (Å²) < 4.78 is 0. The first-order valence-electron chi connectivity index (χ1n) is 7.00. The molecular weight excluding hydrogens is 331 g/mol. The monoisotopic (exact) mass is 344 g/mol. The van der Waals surface area contributed by atoms with Gasteiger partial charge in [-0.15, -0.1) is 0 Å². The van der Waals surface area contributed by atoms with E-state index >= 15 is 0 Å². The molecular formula is C17H14Cl2N4. The molecule has 0 saturated carbocycles. The summed E-state index contributed by atoms with van der Waals surface area (Å²) in [5, 5.41) is 7.11. The van der Waals surface area contributed by atoms with E-state index in [0.29, 0.717) is 27.5 Å². The molecule has 1 heterocycles. The van der Waals surface area contributed by atoms with Gasteiger partial charge in [0, 0.05) is 18.7 Å². The molecule has 0 saturated heterocycles. The Balaban J connectivity index is 2.01. The predicted octanol–water partition coefficient (Wildman–Crippen LogP) is 5.24. The van der Waals surface area contributed by atoms with Gasteiger partial charge in [0.15, 0.2) is 0 Å². The van der Waals surface area contributed by atoms with Crippen molar-refractivity contribution >= 4 is 40.7 Å². The zero-order valence-electron chi connectivity index (χ0n) is 12.3. The third kappa shape index (κ3) is 3.55. The van der Waals surface area contributed by atoms with Crippen molar-refractivity contribution in [2.45, 2.75) is 0 Å². The third-order valence-corrected chi connectivity index (χ3v) is 4.05. The minimum absolute atomic E-state index is 0.458. The summed E-state index contributed by atoms with van der Waals surface area (Å²) >= 11 is 12.3. The molecule has 0 aliphatic rings. The Labute approximate surface area is 144 Å². The number of rotatable bonds is 4. The Kier molecular flexibility index (Phi) is 4.65. The Morgan fingerprint density at radius 2 is 1.70 bits per heavy atom. The quantitative estimate of drug-likeness (QED) is 0.679. The fourth-order valence-corrected chi connectivity index (χ4v) is 2.47. The summed E-state index contributed by atoms with van der Waals surface area (Å²) in [4.78, 5) is 8.89. The van der Waals surface area contributed by atoms with Crippen molar-refractivity contribution in [3.63, 3.8) is 0 Å². The Hall–Kier alpha value is -2.30. The lowest BCUT2D eigenvalue weighted by molar-refractivity contribution is 1.15. The van der Waals surface area contributed by atoms with Gasteiger partial charge in [-0.1, -0.05) is 59.6 Å². The topological polar surface area (TPSA) is 49.8 Å². The zero-order chi connectivity index (χ0) is 16.2. The average Bonchev–Trinajstić information content (AvgIpc) is 2.59. The predicted molar refractivity (Wildman–Crippen MR) is 96.8 cm³/mol. The van der Waals surface area contributed by atoms with Gasteiger partial charge < -0.3 is 10.6 Å². The molecule has 23 heavy (non-hydrogen) atoms. The first-order valence-corrected chi connectivity index (χ1v) is 7.76. The number of hydrogen-bond donors (Lipinski definition) is 2. The number of anilines is 3. The van der Waals surface area contributed by atoms with Crippen molar-refractivity contribution < 1.29 is 0 Å². The molecule has 0 atom stereocenters. The summed E-state index contributed by atoms with van der Waals surface area (Å²) in [5.41, 5.74) is 2.51. The van der Waals surface area contributed by atoms with Crippen LogP contribution in [0.2, 0.25) is 10.0 Å². The second-order valence-corrected chi connectivity index (χ2v) is 5.59. The number of halogens is 2. The summed E-state index contributed by atoms with van der Waals surface area (Å²) in [5.74, 6) is 1.15. The summed E-state index contributed by atoms with van der Waals surface area (Å²) in [6.45, 7) is 0. The van der Waals surface area contributed by atoms with Gasteiger partial charge in [-0.2, -0.15) is 4.98 Å². The van der Waals surface area contributed by atoms with Gasteiger partial charge >= 0.3 is 0 Å². The third-order valence-electron chi connectivity index (χ3n) is 3.23. The summed E-state index contributed by atoms with van der Waals surface area (Å²) in [6, 6.07) is 17.2. The SMILES string of the molecule is CNc1nc(Nc2cccc(Cl)c2Cl)cc(-c2ccccc2)n1. The van der Waals surface area contributed by atoms with E-state index in [9.17, 15) is 0 Å². The van der Waals surface area contributed by atoms with Crippen LogP contribution in [0.15, 0.2) is 54.6 Å². The number of aromatic nitrogens is 2. The Bertz CT molecular complexity index is 822. The molecule has 3 aromatic rings. The van der Waals surface area contributed by atoms with E-state index in [4.69, 9.17) is 23.2 Å². The van der Waals surface area contributed by atoms with Gasteiger partial charge in [-0.05, 0) is 12.1 Å². The minimum Gasteiger partial charge on any atom is -0.357 e. The average molecular weight is 345 g/mol.